The van der Waals surface area contributed by atoms with E-state index in [1.165, 1.54) is 16.6 Å². The third-order valence-electron chi connectivity index (χ3n) is 4.65. The molecule has 1 aliphatic heterocycles. The molecule has 1 amide bonds. The molecule has 2 N–H and O–H groups in total. The van der Waals surface area contributed by atoms with E-state index in [1.54, 1.807) is 0 Å². The minimum Gasteiger partial charge on any atom is -0.306 e. The van der Waals surface area contributed by atoms with E-state index in [0.717, 1.165) is 30.9 Å². The molecule has 5 nitrogen and oxygen atoms in total. The van der Waals surface area contributed by atoms with Gasteiger partial charge in [0, 0.05) is 19.1 Å². The van der Waals surface area contributed by atoms with Crippen LogP contribution in [0.15, 0.2) is 18.2 Å². The molecule has 2 aromatic rings. The van der Waals surface area contributed by atoms with E-state index < -0.39 is 0 Å². The summed E-state index contributed by atoms with van der Waals surface area (Å²) in [5.41, 5.74) is 3.55. The summed E-state index contributed by atoms with van der Waals surface area (Å²) in [7, 11) is 4.06. The molecule has 0 aromatic carbocycles. The first kappa shape index (κ1) is 14.9. The van der Waals surface area contributed by atoms with Gasteiger partial charge < -0.3 is 5.32 Å². The van der Waals surface area contributed by atoms with Crippen molar-refractivity contribution in [2.24, 2.45) is 14.1 Å². The van der Waals surface area contributed by atoms with Gasteiger partial charge in [0.2, 0.25) is 5.91 Å². The molecule has 0 spiro atoms. The van der Waals surface area contributed by atoms with Gasteiger partial charge >= 0.3 is 5.65 Å². The summed E-state index contributed by atoms with van der Waals surface area (Å²) in [6, 6.07) is 6.19. The Hall–Kier alpha value is -2.01. The molecule has 3 heterocycles. The summed E-state index contributed by atoms with van der Waals surface area (Å²) in [5.74, 6) is 0.881. The van der Waals surface area contributed by atoms with Crippen molar-refractivity contribution >= 4 is 22.8 Å². The average molecular weight is 300 g/mol. The number of carbonyl (C=O) groups excluding carboxylic acids is 1. The van der Waals surface area contributed by atoms with Crippen LogP contribution >= 0.6 is 0 Å². The number of pyridine rings is 2. The number of anilines is 1. The third kappa shape index (κ3) is 2.46. The van der Waals surface area contributed by atoms with Gasteiger partial charge in [0.05, 0.1) is 6.04 Å². The van der Waals surface area contributed by atoms with Gasteiger partial charge in [-0.3, -0.25) is 10.1 Å². The van der Waals surface area contributed by atoms with Crippen molar-refractivity contribution in [3.8, 4) is 0 Å². The van der Waals surface area contributed by atoms with Gasteiger partial charge in [0.15, 0.2) is 5.69 Å². The first-order valence-electron chi connectivity index (χ1n) is 7.82. The van der Waals surface area contributed by atoms with E-state index in [-0.39, 0.29) is 11.9 Å². The topological polar surface area (TPSA) is 48.9 Å². The van der Waals surface area contributed by atoms with E-state index in [9.17, 15) is 4.79 Å². The van der Waals surface area contributed by atoms with Gasteiger partial charge in [-0.25, -0.2) is 0 Å². The van der Waals surface area contributed by atoms with E-state index in [4.69, 9.17) is 0 Å². The highest BCUT2D eigenvalue weighted by Crippen LogP contribution is 2.16. The van der Waals surface area contributed by atoms with Gasteiger partial charge in [0.1, 0.15) is 19.5 Å². The second-order valence-corrected chi connectivity index (χ2v) is 6.18. The molecule has 1 atom stereocenters. The molecule has 0 radical (unpaired) electrons. The first-order valence-corrected chi connectivity index (χ1v) is 7.82. The van der Waals surface area contributed by atoms with Gasteiger partial charge in [-0.15, -0.1) is 9.13 Å². The molecule has 5 heteroatoms. The van der Waals surface area contributed by atoms with Gasteiger partial charge in [0.25, 0.3) is 5.82 Å². The molecular formula is C17H24N4O+2. The molecule has 1 saturated heterocycles. The third-order valence-corrected chi connectivity index (χ3v) is 4.65. The van der Waals surface area contributed by atoms with E-state index in [1.807, 2.05) is 13.1 Å². The number of rotatable bonds is 2. The Morgan fingerprint density at radius 1 is 1.27 bits per heavy atom. The van der Waals surface area contributed by atoms with Crippen LogP contribution in [0.5, 0.6) is 0 Å². The predicted molar refractivity (Wildman–Crippen MR) is 85.4 cm³/mol. The molecule has 3 rings (SSSR count). The van der Waals surface area contributed by atoms with Crippen LogP contribution in [0, 0.1) is 13.8 Å². The van der Waals surface area contributed by atoms with Crippen LogP contribution in [0.4, 0.5) is 5.82 Å². The quantitative estimate of drug-likeness (QED) is 0.806. The molecule has 0 unspecified atom stereocenters. The number of hydrogen-bond donors (Lipinski definition) is 2. The van der Waals surface area contributed by atoms with Crippen molar-refractivity contribution in [3.05, 3.63) is 29.5 Å². The van der Waals surface area contributed by atoms with Gasteiger partial charge in [-0.05, 0) is 37.9 Å². The predicted octanol–water partition coefficient (Wildman–Crippen LogP) is 0.796. The summed E-state index contributed by atoms with van der Waals surface area (Å²) in [6.07, 6.45) is 1.98. The highest BCUT2D eigenvalue weighted by Gasteiger charge is 2.27. The number of hydrogen-bond acceptors (Lipinski definition) is 2. The van der Waals surface area contributed by atoms with E-state index >= 15 is 0 Å². The van der Waals surface area contributed by atoms with Crippen LogP contribution in [0.25, 0.3) is 11.0 Å². The van der Waals surface area contributed by atoms with Crippen molar-refractivity contribution in [2.75, 3.05) is 11.9 Å². The lowest BCUT2D eigenvalue weighted by Crippen LogP contribution is -2.48. The number of carbonyl (C=O) groups is 1. The van der Waals surface area contributed by atoms with Crippen LogP contribution in [-0.2, 0) is 18.9 Å². The van der Waals surface area contributed by atoms with Crippen molar-refractivity contribution in [1.29, 1.82) is 0 Å². The summed E-state index contributed by atoms with van der Waals surface area (Å²) >= 11 is 0. The Morgan fingerprint density at radius 2 is 2.05 bits per heavy atom. The fourth-order valence-corrected chi connectivity index (χ4v) is 3.26. The summed E-state index contributed by atoms with van der Waals surface area (Å²) in [5, 5.41) is 7.50. The lowest BCUT2D eigenvalue weighted by Gasteiger charge is -2.10. The molecule has 0 aliphatic carbocycles. The molecule has 1 aliphatic rings. The Morgan fingerprint density at radius 3 is 2.73 bits per heavy atom. The average Bonchev–Trinajstić information content (AvgIpc) is 3.01. The molecule has 1 fully saturated rings. The largest absolute Gasteiger partial charge is 0.452 e. The van der Waals surface area contributed by atoms with Crippen LogP contribution in [-0.4, -0.2) is 18.5 Å². The van der Waals surface area contributed by atoms with E-state index in [0.29, 0.717) is 0 Å². The van der Waals surface area contributed by atoms with Crippen molar-refractivity contribution in [3.63, 3.8) is 0 Å². The van der Waals surface area contributed by atoms with Crippen LogP contribution < -0.4 is 19.8 Å². The highest BCUT2D eigenvalue weighted by atomic mass is 16.2. The lowest BCUT2D eigenvalue weighted by atomic mass is 10.1. The fraction of sp³-hybridized carbons (Fsp3) is 0.471. The highest BCUT2D eigenvalue weighted by molar-refractivity contribution is 5.94. The molecule has 0 saturated carbocycles. The van der Waals surface area contributed by atoms with E-state index in [2.05, 4.69) is 52.8 Å². The maximum Gasteiger partial charge on any atom is 0.452 e. The second kappa shape index (κ2) is 5.65. The van der Waals surface area contributed by atoms with Gasteiger partial charge in [-0.2, -0.15) is 0 Å². The lowest BCUT2D eigenvalue weighted by molar-refractivity contribution is -0.750. The number of aromatic nitrogens is 2. The Balaban J connectivity index is 2.02. The van der Waals surface area contributed by atoms with Crippen LogP contribution in [0.3, 0.4) is 0 Å². The minimum absolute atomic E-state index is 0.0551. The second-order valence-electron chi connectivity index (χ2n) is 6.18. The summed E-state index contributed by atoms with van der Waals surface area (Å²) < 4.78 is 4.22. The normalized spacial score (nSPS) is 17.9. The number of amides is 1. The molecule has 22 heavy (non-hydrogen) atoms. The summed E-state index contributed by atoms with van der Waals surface area (Å²) in [6.45, 7) is 5.14. The van der Waals surface area contributed by atoms with Crippen molar-refractivity contribution in [2.45, 2.75) is 32.7 Å². The standard InChI is InChI=1S/C17H23N4O/c1-11-10-12(2)20(3)17-13(11)7-8-15(21(17)4)19-16(22)14-6-5-9-18-14/h7-8,10,14,18H,5-6,9H2,1-4H3/q+1/p+1/t14-/m0/s1. The number of aryl methyl sites for hydroxylation is 4. The Labute approximate surface area is 131 Å². The Kier molecular flexibility index (Phi) is 3.83. The molecule has 0 bridgehead atoms. The monoisotopic (exact) mass is 300 g/mol. The van der Waals surface area contributed by atoms with Crippen molar-refractivity contribution in [1.82, 2.24) is 5.32 Å². The van der Waals surface area contributed by atoms with Crippen LogP contribution in [0.1, 0.15) is 24.1 Å². The zero-order valence-electron chi connectivity index (χ0n) is 13.7. The van der Waals surface area contributed by atoms with Gasteiger partial charge in [-0.1, -0.05) is 0 Å². The number of fused-ring (bicyclic) bond motifs is 1. The molecule has 116 valence electrons. The van der Waals surface area contributed by atoms with Crippen molar-refractivity contribution < 1.29 is 13.9 Å². The smallest absolute Gasteiger partial charge is 0.306 e. The Bertz CT molecular complexity index is 748. The number of nitrogens with zero attached hydrogens (tertiary/aromatic N) is 2. The minimum atomic E-state index is -0.0660. The fourth-order valence-electron chi connectivity index (χ4n) is 3.26. The first-order chi connectivity index (χ1) is 10.5. The van der Waals surface area contributed by atoms with Crippen LogP contribution in [0.2, 0.25) is 0 Å². The molecular weight excluding hydrogens is 276 g/mol. The zero-order chi connectivity index (χ0) is 15.9. The summed E-state index contributed by atoms with van der Waals surface area (Å²) in [4.78, 5) is 12.3. The zero-order valence-corrected chi connectivity index (χ0v) is 13.7. The SMILES string of the molecule is Cc1cc(C)[n+](C)c2c1ccc(NC(=O)[C@@H]1CCCN1)[n+]2C. The molecule has 2 aromatic heterocycles. The maximum atomic E-state index is 12.3. The number of nitrogens with one attached hydrogen (secondary N) is 2. The maximum absolute atomic E-state index is 12.3.